The fourth-order valence-electron chi connectivity index (χ4n) is 2.48. The van der Waals surface area contributed by atoms with Crippen molar-refractivity contribution in [1.82, 2.24) is 4.90 Å². The summed E-state index contributed by atoms with van der Waals surface area (Å²) in [5.41, 5.74) is 0.923. The van der Waals surface area contributed by atoms with Crippen LogP contribution in [0.2, 0.25) is 0 Å². The van der Waals surface area contributed by atoms with Gasteiger partial charge in [0.05, 0.1) is 6.10 Å². The molecule has 0 spiro atoms. The van der Waals surface area contributed by atoms with Gasteiger partial charge in [-0.2, -0.15) is 0 Å². The summed E-state index contributed by atoms with van der Waals surface area (Å²) >= 11 is 0. The maximum atomic E-state index is 12.9. The van der Waals surface area contributed by atoms with Crippen LogP contribution < -0.4 is 0 Å². The van der Waals surface area contributed by atoms with Crippen LogP contribution in [0.15, 0.2) is 36.4 Å². The molecule has 2 atom stereocenters. The first-order valence-electron chi connectivity index (χ1n) is 6.47. The zero-order chi connectivity index (χ0) is 13.8. The van der Waals surface area contributed by atoms with Gasteiger partial charge in [0.1, 0.15) is 5.82 Å². The highest BCUT2D eigenvalue weighted by atomic mass is 19.1. The van der Waals surface area contributed by atoms with E-state index < -0.39 is 6.10 Å². The van der Waals surface area contributed by atoms with Crippen LogP contribution >= 0.6 is 0 Å². The van der Waals surface area contributed by atoms with E-state index in [0.717, 1.165) is 5.56 Å². The number of likely N-dealkylation sites (tertiary alicyclic amines) is 1. The molecule has 1 heterocycles. The Kier molecular flexibility index (Phi) is 4.32. The summed E-state index contributed by atoms with van der Waals surface area (Å²) in [5, 5.41) is 10.2. The van der Waals surface area contributed by atoms with Crippen LogP contribution in [-0.2, 0) is 4.79 Å². The number of hydrogen-bond acceptors (Lipinski definition) is 2. The summed E-state index contributed by atoms with van der Waals surface area (Å²) in [4.78, 5) is 13.4. The number of halogens is 1. The van der Waals surface area contributed by atoms with Crippen molar-refractivity contribution < 1.29 is 14.3 Å². The molecular weight excluding hydrogens is 245 g/mol. The van der Waals surface area contributed by atoms with Crippen LogP contribution in [0.25, 0.3) is 0 Å². The number of carbonyl (C=O) groups is 1. The molecule has 2 rings (SSSR count). The minimum atomic E-state index is -0.603. The predicted molar refractivity (Wildman–Crippen MR) is 71.2 cm³/mol. The molecule has 102 valence electrons. The molecular formula is C15H18FNO2. The molecule has 1 aromatic rings. The van der Waals surface area contributed by atoms with Crippen LogP contribution in [0, 0.1) is 5.82 Å². The van der Waals surface area contributed by atoms with E-state index in [1.54, 1.807) is 30.0 Å². The first kappa shape index (κ1) is 13.7. The lowest BCUT2D eigenvalue weighted by Crippen LogP contribution is -2.45. The van der Waals surface area contributed by atoms with Crippen molar-refractivity contribution >= 4 is 5.91 Å². The molecule has 1 amide bonds. The Hall–Kier alpha value is -1.68. The maximum Gasteiger partial charge on any atom is 0.246 e. The van der Waals surface area contributed by atoms with Crippen LogP contribution in [0.3, 0.4) is 0 Å². The van der Waals surface area contributed by atoms with Crippen LogP contribution in [-0.4, -0.2) is 35.1 Å². The van der Waals surface area contributed by atoms with Crippen molar-refractivity contribution in [1.29, 1.82) is 0 Å². The van der Waals surface area contributed by atoms with Crippen molar-refractivity contribution in [2.45, 2.75) is 25.4 Å². The first-order valence-corrected chi connectivity index (χ1v) is 6.47. The third-order valence-corrected chi connectivity index (χ3v) is 3.50. The Balaban J connectivity index is 2.04. The number of benzene rings is 1. The standard InChI is InChI=1S/C15H18FNO2/c1-2-3-15(19)17-9-8-13(14(18)10-17)11-4-6-12(16)7-5-11/h2-7,13-14,18H,8-10H2,1H3/t13-,14+/m0/s1. The molecule has 0 radical (unpaired) electrons. The van der Waals surface area contributed by atoms with Gasteiger partial charge in [-0.25, -0.2) is 4.39 Å². The maximum absolute atomic E-state index is 12.9. The van der Waals surface area contributed by atoms with Crippen molar-refractivity contribution in [3.05, 3.63) is 47.8 Å². The molecule has 4 heteroatoms. The van der Waals surface area contributed by atoms with Crippen molar-refractivity contribution in [2.24, 2.45) is 0 Å². The monoisotopic (exact) mass is 263 g/mol. The van der Waals surface area contributed by atoms with Crippen LogP contribution in [0.1, 0.15) is 24.8 Å². The van der Waals surface area contributed by atoms with E-state index in [1.807, 2.05) is 0 Å². The SMILES string of the molecule is CC=CC(=O)N1CC[C@@H](c2ccc(F)cc2)[C@H](O)C1. The summed E-state index contributed by atoms with van der Waals surface area (Å²) in [6.45, 7) is 2.73. The van der Waals surface area contributed by atoms with E-state index in [0.29, 0.717) is 19.5 Å². The van der Waals surface area contributed by atoms with Crippen LogP contribution in [0.5, 0.6) is 0 Å². The Morgan fingerprint density at radius 1 is 1.42 bits per heavy atom. The molecule has 1 fully saturated rings. The van der Waals surface area contributed by atoms with Crippen molar-refractivity contribution in [2.75, 3.05) is 13.1 Å². The second-order valence-electron chi connectivity index (χ2n) is 4.80. The van der Waals surface area contributed by atoms with E-state index >= 15 is 0 Å². The third kappa shape index (κ3) is 3.20. The Labute approximate surface area is 112 Å². The highest BCUT2D eigenvalue weighted by Gasteiger charge is 2.30. The fourth-order valence-corrected chi connectivity index (χ4v) is 2.48. The third-order valence-electron chi connectivity index (χ3n) is 3.50. The molecule has 0 saturated carbocycles. The van der Waals surface area contributed by atoms with E-state index in [1.165, 1.54) is 18.2 Å². The number of aliphatic hydroxyl groups is 1. The number of β-amino-alcohol motifs (C(OH)–C–C–N with tert-alkyl or cyclic N) is 1. The normalized spacial score (nSPS) is 23.8. The van der Waals surface area contributed by atoms with E-state index in [9.17, 15) is 14.3 Å². The summed E-state index contributed by atoms with van der Waals surface area (Å²) < 4.78 is 12.9. The average Bonchev–Trinajstić information content (AvgIpc) is 2.40. The van der Waals surface area contributed by atoms with Crippen molar-refractivity contribution in [3.63, 3.8) is 0 Å². The summed E-state index contributed by atoms with van der Waals surface area (Å²) in [7, 11) is 0. The number of carbonyl (C=O) groups excluding carboxylic acids is 1. The predicted octanol–water partition coefficient (Wildman–Crippen LogP) is 2.08. The molecule has 1 aliphatic rings. The molecule has 0 aliphatic carbocycles. The number of aliphatic hydroxyl groups excluding tert-OH is 1. The molecule has 19 heavy (non-hydrogen) atoms. The lowest BCUT2D eigenvalue weighted by Gasteiger charge is -2.35. The van der Waals surface area contributed by atoms with Gasteiger partial charge in [-0.15, -0.1) is 0 Å². The van der Waals surface area contributed by atoms with Gasteiger partial charge in [0, 0.05) is 19.0 Å². The Bertz CT molecular complexity index is 470. The molecule has 0 bridgehead atoms. The Morgan fingerprint density at radius 2 is 2.11 bits per heavy atom. The quantitative estimate of drug-likeness (QED) is 0.830. The van der Waals surface area contributed by atoms with Gasteiger partial charge in [-0.05, 0) is 37.1 Å². The number of hydrogen-bond donors (Lipinski definition) is 1. The van der Waals surface area contributed by atoms with Gasteiger partial charge < -0.3 is 10.0 Å². The molecule has 1 saturated heterocycles. The molecule has 1 aliphatic heterocycles. The van der Waals surface area contributed by atoms with Gasteiger partial charge in [0.2, 0.25) is 5.91 Å². The second kappa shape index (κ2) is 5.97. The summed E-state index contributed by atoms with van der Waals surface area (Å²) in [6, 6.07) is 6.21. The largest absolute Gasteiger partial charge is 0.391 e. The molecule has 1 aromatic carbocycles. The van der Waals surface area contributed by atoms with Gasteiger partial charge >= 0.3 is 0 Å². The molecule has 3 nitrogen and oxygen atoms in total. The second-order valence-corrected chi connectivity index (χ2v) is 4.80. The number of piperidine rings is 1. The van der Waals surface area contributed by atoms with Gasteiger partial charge in [-0.1, -0.05) is 18.2 Å². The number of amides is 1. The highest BCUT2D eigenvalue weighted by molar-refractivity contribution is 5.87. The number of allylic oxidation sites excluding steroid dienone is 1. The fraction of sp³-hybridized carbons (Fsp3) is 0.400. The lowest BCUT2D eigenvalue weighted by molar-refractivity contribution is -0.129. The van der Waals surface area contributed by atoms with E-state index in [-0.39, 0.29) is 17.6 Å². The molecule has 0 aromatic heterocycles. The zero-order valence-corrected chi connectivity index (χ0v) is 10.9. The van der Waals surface area contributed by atoms with Crippen molar-refractivity contribution in [3.8, 4) is 0 Å². The zero-order valence-electron chi connectivity index (χ0n) is 10.9. The minimum absolute atomic E-state index is 0.0322. The molecule has 0 unspecified atom stereocenters. The average molecular weight is 263 g/mol. The van der Waals surface area contributed by atoms with E-state index in [2.05, 4.69) is 0 Å². The summed E-state index contributed by atoms with van der Waals surface area (Å²) in [6.07, 6.45) is 3.29. The van der Waals surface area contributed by atoms with Crippen LogP contribution in [0.4, 0.5) is 4.39 Å². The molecule has 1 N–H and O–H groups in total. The first-order chi connectivity index (χ1) is 9.11. The number of nitrogens with zero attached hydrogens (tertiary/aromatic N) is 1. The smallest absolute Gasteiger partial charge is 0.246 e. The topological polar surface area (TPSA) is 40.5 Å². The Morgan fingerprint density at radius 3 is 2.68 bits per heavy atom. The minimum Gasteiger partial charge on any atom is -0.391 e. The van der Waals surface area contributed by atoms with Gasteiger partial charge in [-0.3, -0.25) is 4.79 Å². The van der Waals surface area contributed by atoms with Gasteiger partial charge in [0.25, 0.3) is 0 Å². The van der Waals surface area contributed by atoms with Gasteiger partial charge in [0.15, 0.2) is 0 Å². The highest BCUT2D eigenvalue weighted by Crippen LogP contribution is 2.28. The number of rotatable bonds is 2. The summed E-state index contributed by atoms with van der Waals surface area (Å²) in [5.74, 6) is -0.381. The van der Waals surface area contributed by atoms with E-state index in [4.69, 9.17) is 0 Å². The lowest BCUT2D eigenvalue weighted by atomic mass is 9.87.